The summed E-state index contributed by atoms with van der Waals surface area (Å²) >= 11 is 0. The second kappa shape index (κ2) is 9.22. The third-order valence-electron chi connectivity index (χ3n) is 10.6. The molecule has 1 heterocycles. The van der Waals surface area contributed by atoms with Gasteiger partial charge in [-0.25, -0.2) is 4.98 Å². The van der Waals surface area contributed by atoms with E-state index in [1.807, 2.05) is 0 Å². The zero-order valence-electron chi connectivity index (χ0n) is 22.1. The zero-order valence-corrected chi connectivity index (χ0v) is 22.1. The fourth-order valence-electron chi connectivity index (χ4n) is 9.11. The summed E-state index contributed by atoms with van der Waals surface area (Å²) in [6.07, 6.45) is 14.7. The summed E-state index contributed by atoms with van der Waals surface area (Å²) < 4.78 is 6.79. The number of carbonyl (C=O) groups excluding carboxylic acids is 1. The average molecular weight is 518 g/mol. The molecule has 1 aromatic heterocycles. The summed E-state index contributed by atoms with van der Waals surface area (Å²) in [5.41, 5.74) is 2.46. The molecular weight excluding hydrogens is 478 g/mol. The maximum absolute atomic E-state index is 13.6. The van der Waals surface area contributed by atoms with Crippen LogP contribution in [0.5, 0.6) is 0 Å². The number of hydrogen-bond acceptors (Lipinski definition) is 4. The molecule has 0 radical (unpaired) electrons. The Hall–Kier alpha value is -2.67. The first kappa shape index (κ1) is 24.4. The second-order valence-electron chi connectivity index (χ2n) is 13.3. The van der Waals surface area contributed by atoms with Crippen molar-refractivity contribution in [3.63, 3.8) is 0 Å². The van der Waals surface area contributed by atoms with Crippen molar-refractivity contribution in [1.82, 2.24) is 9.97 Å². The van der Waals surface area contributed by atoms with Gasteiger partial charge in [0.15, 0.2) is 5.69 Å². The van der Waals surface area contributed by atoms with E-state index in [0.717, 1.165) is 73.7 Å². The summed E-state index contributed by atoms with van der Waals surface area (Å²) in [6.45, 7) is 0.389. The molecule has 7 nitrogen and oxygen atoms in total. The number of aromatic amines is 1. The van der Waals surface area contributed by atoms with Crippen molar-refractivity contribution in [2.24, 2.45) is 23.7 Å². The Kier molecular flexibility index (Phi) is 5.91. The Morgan fingerprint density at radius 3 is 2.29 bits per heavy atom. The number of amides is 1. The van der Waals surface area contributed by atoms with Crippen LogP contribution in [0.25, 0.3) is 0 Å². The number of aromatic nitrogens is 2. The molecule has 0 aliphatic heterocycles. The van der Waals surface area contributed by atoms with Crippen LogP contribution in [0.15, 0.2) is 24.3 Å². The minimum absolute atomic E-state index is 0.0416. The highest BCUT2D eigenvalue weighted by Gasteiger charge is 2.52. The topological polar surface area (TPSA) is 104 Å². The molecule has 6 bridgehead atoms. The third kappa shape index (κ3) is 4.47. The summed E-state index contributed by atoms with van der Waals surface area (Å²) in [6, 6.07) is 7.07. The molecule has 7 aliphatic rings. The Morgan fingerprint density at radius 1 is 1.00 bits per heavy atom. The average Bonchev–Trinajstić information content (AvgIpc) is 3.33. The van der Waals surface area contributed by atoms with Crippen molar-refractivity contribution in [3.05, 3.63) is 47.0 Å². The van der Waals surface area contributed by atoms with Gasteiger partial charge >= 0.3 is 5.97 Å². The Labute approximate surface area is 224 Å². The lowest BCUT2D eigenvalue weighted by molar-refractivity contribution is -0.169. The van der Waals surface area contributed by atoms with E-state index in [4.69, 9.17) is 14.8 Å². The largest absolute Gasteiger partial charge is 0.481 e. The number of benzene rings is 1. The molecule has 7 saturated carbocycles. The normalized spacial score (nSPS) is 34.9. The van der Waals surface area contributed by atoms with Crippen molar-refractivity contribution in [1.29, 1.82) is 0 Å². The van der Waals surface area contributed by atoms with Gasteiger partial charge in [0.05, 0.1) is 24.3 Å². The van der Waals surface area contributed by atoms with Gasteiger partial charge in [0.2, 0.25) is 0 Å². The van der Waals surface area contributed by atoms with Crippen molar-refractivity contribution >= 4 is 17.6 Å². The van der Waals surface area contributed by atoms with Gasteiger partial charge in [-0.1, -0.05) is 12.1 Å². The molecule has 0 unspecified atom stereocenters. The number of H-pyrrole nitrogens is 1. The number of nitrogens with zero attached hydrogens (tertiary/aromatic N) is 1. The molecule has 7 fully saturated rings. The molecule has 9 rings (SSSR count). The molecule has 7 aliphatic carbocycles. The number of aliphatic carboxylic acids is 1. The first-order valence-electron chi connectivity index (χ1n) is 14.7. The summed E-state index contributed by atoms with van der Waals surface area (Å²) in [7, 11) is 0. The van der Waals surface area contributed by atoms with Crippen LogP contribution in [-0.2, 0) is 28.0 Å². The van der Waals surface area contributed by atoms with E-state index < -0.39 is 5.97 Å². The van der Waals surface area contributed by atoms with Crippen LogP contribution in [0.2, 0.25) is 0 Å². The number of imidazole rings is 1. The number of rotatable bonds is 8. The van der Waals surface area contributed by atoms with Gasteiger partial charge in [-0.15, -0.1) is 0 Å². The molecule has 1 amide bonds. The molecule has 202 valence electrons. The van der Waals surface area contributed by atoms with Gasteiger partial charge < -0.3 is 20.1 Å². The predicted molar refractivity (Wildman–Crippen MR) is 143 cm³/mol. The number of anilines is 1. The quantitative estimate of drug-likeness (QED) is 0.399. The highest BCUT2D eigenvalue weighted by Crippen LogP contribution is 2.57. The van der Waals surface area contributed by atoms with Gasteiger partial charge in [0, 0.05) is 11.1 Å². The monoisotopic (exact) mass is 517 g/mol. The van der Waals surface area contributed by atoms with Gasteiger partial charge in [-0.2, -0.15) is 0 Å². The van der Waals surface area contributed by atoms with Gasteiger partial charge in [0.25, 0.3) is 5.91 Å². The summed E-state index contributed by atoms with van der Waals surface area (Å²) in [4.78, 5) is 33.4. The lowest BCUT2D eigenvalue weighted by Crippen LogP contribution is -2.51. The smallest absolute Gasteiger partial charge is 0.307 e. The van der Waals surface area contributed by atoms with Crippen LogP contribution >= 0.6 is 0 Å². The molecular formula is C31H39N3O4. The summed E-state index contributed by atoms with van der Waals surface area (Å²) in [5, 5.41) is 12.2. The lowest BCUT2D eigenvalue weighted by Gasteiger charge is -2.56. The maximum Gasteiger partial charge on any atom is 0.307 e. The predicted octanol–water partition coefficient (Wildman–Crippen LogP) is 6.00. The summed E-state index contributed by atoms with van der Waals surface area (Å²) in [5.74, 6) is 3.07. The first-order chi connectivity index (χ1) is 18.4. The number of ether oxygens (including phenoxy) is 1. The van der Waals surface area contributed by atoms with Crippen LogP contribution in [0, 0.1) is 23.7 Å². The van der Waals surface area contributed by atoms with Gasteiger partial charge in [0.1, 0.15) is 5.82 Å². The maximum atomic E-state index is 13.6. The number of fused-ring (bicyclic) bond motifs is 3. The van der Waals surface area contributed by atoms with E-state index in [9.17, 15) is 9.59 Å². The highest BCUT2D eigenvalue weighted by molar-refractivity contribution is 6.03. The van der Waals surface area contributed by atoms with Crippen LogP contribution < -0.4 is 5.32 Å². The molecule has 38 heavy (non-hydrogen) atoms. The van der Waals surface area contributed by atoms with Crippen LogP contribution in [0.3, 0.4) is 0 Å². The minimum atomic E-state index is -0.893. The number of nitrogens with one attached hydrogen (secondary N) is 2. The molecule has 0 atom stereocenters. The Bertz CT molecular complexity index is 1190. The van der Waals surface area contributed by atoms with Crippen LogP contribution in [0.1, 0.15) is 105 Å². The zero-order chi connectivity index (χ0) is 25.9. The second-order valence-corrected chi connectivity index (χ2v) is 13.3. The molecule has 1 aromatic carbocycles. The third-order valence-corrected chi connectivity index (χ3v) is 10.6. The van der Waals surface area contributed by atoms with E-state index in [1.165, 1.54) is 38.5 Å². The Morgan fingerprint density at radius 2 is 1.66 bits per heavy atom. The fraction of sp³-hybridized carbons (Fsp3) is 0.645. The first-order valence-corrected chi connectivity index (χ1v) is 14.7. The number of carboxylic acid groups (broad SMARTS) is 1. The molecule has 0 saturated heterocycles. The molecule has 7 heteroatoms. The van der Waals surface area contributed by atoms with Crippen molar-refractivity contribution in [3.8, 4) is 0 Å². The number of hydrogen-bond donors (Lipinski definition) is 3. The van der Waals surface area contributed by atoms with E-state index in [2.05, 4.69) is 10.3 Å². The highest BCUT2D eigenvalue weighted by atomic mass is 16.5. The Balaban J connectivity index is 1.15. The van der Waals surface area contributed by atoms with E-state index in [-0.39, 0.29) is 23.3 Å². The molecule has 0 spiro atoms. The van der Waals surface area contributed by atoms with E-state index in [1.54, 1.807) is 24.3 Å². The number of carbonyl (C=O) groups is 2. The molecule has 3 N–H and O–H groups in total. The van der Waals surface area contributed by atoms with Crippen LogP contribution in [0.4, 0.5) is 5.69 Å². The van der Waals surface area contributed by atoms with Crippen LogP contribution in [-0.4, -0.2) is 32.6 Å². The van der Waals surface area contributed by atoms with Gasteiger partial charge in [-0.05, 0) is 118 Å². The van der Waals surface area contributed by atoms with Gasteiger partial charge in [-0.3, -0.25) is 9.59 Å². The van der Waals surface area contributed by atoms with Crippen molar-refractivity contribution in [2.45, 2.75) is 101 Å². The van der Waals surface area contributed by atoms with E-state index in [0.29, 0.717) is 23.6 Å². The lowest BCUT2D eigenvalue weighted by atomic mass is 9.54. The van der Waals surface area contributed by atoms with Crippen molar-refractivity contribution in [2.75, 3.05) is 5.32 Å². The molecule has 2 aromatic rings. The fourth-order valence-corrected chi connectivity index (χ4v) is 9.11. The number of carboxylic acids is 1. The minimum Gasteiger partial charge on any atom is -0.481 e. The van der Waals surface area contributed by atoms with Crippen molar-refractivity contribution < 1.29 is 19.4 Å². The standard InChI is InChI=1S/C31H39N3O4/c35-26(36)14-20-2-1-3-24(13-20)32-28(37)27-25(33-29(34-27)30-7-4-19(5-8-30)6-9-30)18-38-31-15-21-10-22(16-31)12-23(11-21)17-31/h1-3,13,19,21-23H,4-12,14-18H2,(H,32,37)(H,33,34)(H,35,36). The SMILES string of the molecule is O=C(O)Cc1cccc(NC(=O)c2nc(C34CCC(CC3)CC4)[nH]c2COC23CC4CC(CC(C4)C2)C3)c1. The van der Waals surface area contributed by atoms with E-state index >= 15 is 0 Å².